The fourth-order valence-electron chi connectivity index (χ4n) is 3.64. The van der Waals surface area contributed by atoms with Crippen LogP contribution < -0.4 is 10.1 Å². The van der Waals surface area contributed by atoms with Gasteiger partial charge >= 0.3 is 0 Å². The van der Waals surface area contributed by atoms with Gasteiger partial charge in [0.05, 0.1) is 7.11 Å². The lowest BCUT2D eigenvalue weighted by atomic mass is 9.95. The standard InChI is InChI=1S/C23H29ClN2O2/c1-28-22-10-6-18(7-11-22)3-2-14-25-23(27)20-12-15-26(16-13-20)17-19-4-8-21(24)9-5-19/h4-11,20H,2-3,12-17H2,1H3,(H,25,27). The summed E-state index contributed by atoms with van der Waals surface area (Å²) in [6.07, 6.45) is 3.77. The number of methoxy groups -OCH3 is 1. The first-order valence-corrected chi connectivity index (χ1v) is 10.4. The summed E-state index contributed by atoms with van der Waals surface area (Å²) >= 11 is 5.94. The molecule has 1 saturated heterocycles. The molecule has 0 aliphatic carbocycles. The molecule has 2 aromatic rings. The number of likely N-dealkylation sites (tertiary alicyclic amines) is 1. The quantitative estimate of drug-likeness (QED) is 0.671. The second-order valence-corrected chi connectivity index (χ2v) is 7.86. The molecular formula is C23H29ClN2O2. The van der Waals surface area contributed by atoms with Gasteiger partial charge in [-0.15, -0.1) is 0 Å². The Kier molecular flexibility index (Phi) is 7.75. The lowest BCUT2D eigenvalue weighted by Gasteiger charge is -2.31. The highest BCUT2D eigenvalue weighted by Gasteiger charge is 2.24. The molecule has 0 unspecified atom stereocenters. The van der Waals surface area contributed by atoms with Crippen LogP contribution in [-0.4, -0.2) is 37.6 Å². The van der Waals surface area contributed by atoms with Gasteiger partial charge in [0.1, 0.15) is 5.75 Å². The maximum absolute atomic E-state index is 12.4. The highest BCUT2D eigenvalue weighted by molar-refractivity contribution is 6.30. The predicted molar refractivity (Wildman–Crippen MR) is 114 cm³/mol. The molecule has 1 aliphatic rings. The van der Waals surface area contributed by atoms with Crippen LogP contribution in [0.3, 0.4) is 0 Å². The van der Waals surface area contributed by atoms with Crippen LogP contribution in [-0.2, 0) is 17.8 Å². The molecule has 0 spiro atoms. The molecule has 1 N–H and O–H groups in total. The van der Waals surface area contributed by atoms with Crippen molar-refractivity contribution in [2.75, 3.05) is 26.7 Å². The summed E-state index contributed by atoms with van der Waals surface area (Å²) in [5.74, 6) is 1.22. The number of hydrogen-bond donors (Lipinski definition) is 1. The average molecular weight is 401 g/mol. The highest BCUT2D eigenvalue weighted by atomic mass is 35.5. The van der Waals surface area contributed by atoms with Crippen LogP contribution in [0.15, 0.2) is 48.5 Å². The number of halogens is 1. The van der Waals surface area contributed by atoms with Crippen molar-refractivity contribution in [3.05, 3.63) is 64.7 Å². The molecule has 0 atom stereocenters. The van der Waals surface area contributed by atoms with E-state index >= 15 is 0 Å². The number of carbonyl (C=O) groups excluding carboxylic acids is 1. The number of benzene rings is 2. The molecule has 2 aromatic carbocycles. The molecule has 28 heavy (non-hydrogen) atoms. The van der Waals surface area contributed by atoms with E-state index in [0.29, 0.717) is 0 Å². The van der Waals surface area contributed by atoms with E-state index in [1.165, 1.54) is 11.1 Å². The number of ether oxygens (including phenoxy) is 1. The number of aryl methyl sites for hydroxylation is 1. The van der Waals surface area contributed by atoms with Gasteiger partial charge in [-0.05, 0) is 74.2 Å². The molecule has 3 rings (SSSR count). The molecular weight excluding hydrogens is 372 g/mol. The van der Waals surface area contributed by atoms with Gasteiger partial charge in [-0.1, -0.05) is 35.9 Å². The van der Waals surface area contributed by atoms with E-state index in [4.69, 9.17) is 16.3 Å². The van der Waals surface area contributed by atoms with E-state index in [0.717, 1.165) is 62.6 Å². The maximum Gasteiger partial charge on any atom is 0.223 e. The Bertz CT molecular complexity index is 738. The number of nitrogens with one attached hydrogen (secondary N) is 1. The zero-order chi connectivity index (χ0) is 19.8. The SMILES string of the molecule is COc1ccc(CCCNC(=O)C2CCN(Cc3ccc(Cl)cc3)CC2)cc1. The van der Waals surface area contributed by atoms with E-state index in [9.17, 15) is 4.79 Å². The molecule has 0 saturated carbocycles. The third-order valence-electron chi connectivity index (χ3n) is 5.38. The summed E-state index contributed by atoms with van der Waals surface area (Å²) in [6, 6.07) is 16.1. The first-order valence-electron chi connectivity index (χ1n) is 10.0. The van der Waals surface area contributed by atoms with Crippen LogP contribution in [0.25, 0.3) is 0 Å². The monoisotopic (exact) mass is 400 g/mol. The Morgan fingerprint density at radius 1 is 1.07 bits per heavy atom. The third-order valence-corrected chi connectivity index (χ3v) is 5.63. The average Bonchev–Trinajstić information content (AvgIpc) is 2.73. The summed E-state index contributed by atoms with van der Waals surface area (Å²) in [4.78, 5) is 14.8. The van der Waals surface area contributed by atoms with Crippen LogP contribution in [0.2, 0.25) is 5.02 Å². The number of piperidine rings is 1. The first kappa shape index (κ1) is 20.7. The Labute approximate surface area is 172 Å². The van der Waals surface area contributed by atoms with Gasteiger partial charge in [0.15, 0.2) is 0 Å². The first-order chi connectivity index (χ1) is 13.6. The summed E-state index contributed by atoms with van der Waals surface area (Å²) in [5, 5.41) is 3.89. The third kappa shape index (κ3) is 6.25. The summed E-state index contributed by atoms with van der Waals surface area (Å²) < 4.78 is 5.17. The van der Waals surface area contributed by atoms with Crippen molar-refractivity contribution < 1.29 is 9.53 Å². The Morgan fingerprint density at radius 2 is 1.71 bits per heavy atom. The number of hydrogen-bond acceptors (Lipinski definition) is 3. The van der Waals surface area contributed by atoms with Crippen LogP contribution in [0.5, 0.6) is 5.75 Å². The molecule has 0 bridgehead atoms. The number of nitrogens with zero attached hydrogens (tertiary/aromatic N) is 1. The van der Waals surface area contributed by atoms with Crippen molar-refractivity contribution in [3.63, 3.8) is 0 Å². The van der Waals surface area contributed by atoms with E-state index in [-0.39, 0.29) is 11.8 Å². The molecule has 1 amide bonds. The topological polar surface area (TPSA) is 41.6 Å². The molecule has 1 fully saturated rings. The molecule has 0 aromatic heterocycles. The minimum atomic E-state index is 0.141. The van der Waals surface area contributed by atoms with Gasteiger partial charge in [-0.3, -0.25) is 9.69 Å². The van der Waals surface area contributed by atoms with E-state index < -0.39 is 0 Å². The number of carbonyl (C=O) groups is 1. The molecule has 5 heteroatoms. The van der Waals surface area contributed by atoms with Gasteiger partial charge in [-0.25, -0.2) is 0 Å². The zero-order valence-corrected chi connectivity index (χ0v) is 17.3. The number of rotatable bonds is 8. The summed E-state index contributed by atoms with van der Waals surface area (Å²) in [7, 11) is 1.67. The lowest BCUT2D eigenvalue weighted by Crippen LogP contribution is -2.40. The number of amides is 1. The van der Waals surface area contributed by atoms with Gasteiger partial charge < -0.3 is 10.1 Å². The van der Waals surface area contributed by atoms with Crippen molar-refractivity contribution in [1.82, 2.24) is 10.2 Å². The van der Waals surface area contributed by atoms with Crippen molar-refractivity contribution >= 4 is 17.5 Å². The zero-order valence-electron chi connectivity index (χ0n) is 16.5. The summed E-state index contributed by atoms with van der Waals surface area (Å²) in [5.41, 5.74) is 2.54. The van der Waals surface area contributed by atoms with Crippen LogP contribution in [0.4, 0.5) is 0 Å². The molecule has 150 valence electrons. The summed E-state index contributed by atoms with van der Waals surface area (Å²) in [6.45, 7) is 3.59. The maximum atomic E-state index is 12.4. The van der Waals surface area contributed by atoms with Crippen molar-refractivity contribution in [2.24, 2.45) is 5.92 Å². The van der Waals surface area contributed by atoms with Crippen LogP contribution in [0.1, 0.15) is 30.4 Å². The van der Waals surface area contributed by atoms with E-state index in [1.54, 1.807) is 7.11 Å². The van der Waals surface area contributed by atoms with Crippen LogP contribution in [0, 0.1) is 5.92 Å². The van der Waals surface area contributed by atoms with Crippen molar-refractivity contribution in [1.29, 1.82) is 0 Å². The molecule has 1 heterocycles. The molecule has 0 radical (unpaired) electrons. The largest absolute Gasteiger partial charge is 0.497 e. The van der Waals surface area contributed by atoms with Gasteiger partial charge in [0, 0.05) is 24.0 Å². The predicted octanol–water partition coefficient (Wildman–Crippen LogP) is 4.31. The highest BCUT2D eigenvalue weighted by Crippen LogP contribution is 2.20. The normalized spacial score (nSPS) is 15.4. The second-order valence-electron chi connectivity index (χ2n) is 7.42. The van der Waals surface area contributed by atoms with E-state index in [2.05, 4.69) is 34.5 Å². The van der Waals surface area contributed by atoms with Gasteiger partial charge in [-0.2, -0.15) is 0 Å². The smallest absolute Gasteiger partial charge is 0.223 e. The molecule has 4 nitrogen and oxygen atoms in total. The van der Waals surface area contributed by atoms with Crippen molar-refractivity contribution in [2.45, 2.75) is 32.2 Å². The van der Waals surface area contributed by atoms with Gasteiger partial charge in [0.2, 0.25) is 5.91 Å². The van der Waals surface area contributed by atoms with Crippen molar-refractivity contribution in [3.8, 4) is 5.75 Å². The van der Waals surface area contributed by atoms with Gasteiger partial charge in [0.25, 0.3) is 0 Å². The van der Waals surface area contributed by atoms with E-state index in [1.807, 2.05) is 24.3 Å². The minimum Gasteiger partial charge on any atom is -0.497 e. The minimum absolute atomic E-state index is 0.141. The van der Waals surface area contributed by atoms with Crippen LogP contribution >= 0.6 is 11.6 Å². The Balaban J connectivity index is 1.32. The Morgan fingerprint density at radius 3 is 2.36 bits per heavy atom. The fraction of sp³-hybridized carbons (Fsp3) is 0.435. The fourth-order valence-corrected chi connectivity index (χ4v) is 3.77. The second kappa shape index (κ2) is 10.5. The Hall–Kier alpha value is -2.04. The lowest BCUT2D eigenvalue weighted by molar-refractivity contribution is -0.126. The molecule has 1 aliphatic heterocycles.